The second-order valence-corrected chi connectivity index (χ2v) is 11.1. The smallest absolute Gasteiger partial charge is 0.281 e. The van der Waals surface area contributed by atoms with Crippen LogP contribution < -0.4 is 20.6 Å². The largest absolute Gasteiger partial charge is 0.449 e. The van der Waals surface area contributed by atoms with Gasteiger partial charge in [0.05, 0.1) is 21.5 Å². The normalized spacial score (nSPS) is 11.5. The molecule has 0 saturated carbocycles. The molecular weight excluding hydrogens is 576 g/mol. The standard InChI is InChI=1S/C29H20N6O7S/c1-18-9-13-22(14-10-18)34-28(29(37)42-32-34)43(40,41)31-20-11-15-21(16-12-20)33-26(19-5-4-6-23(17-19)35(38)39)30-25-8-3-2-7-24(25)27(33)36/h2-17,31H,1H3/p+1. The van der Waals surface area contributed by atoms with Gasteiger partial charge in [-0.3, -0.25) is 28.7 Å². The van der Waals surface area contributed by atoms with Gasteiger partial charge >= 0.3 is 20.7 Å². The maximum absolute atomic E-state index is 13.7. The number of aryl methyl sites for hydroxylation is 1. The molecular formula is C29H21N6O7S+. The van der Waals surface area contributed by atoms with E-state index in [1.54, 1.807) is 54.6 Å². The third-order valence-corrected chi connectivity index (χ3v) is 7.99. The molecule has 0 aliphatic carbocycles. The fourth-order valence-electron chi connectivity index (χ4n) is 4.56. The summed E-state index contributed by atoms with van der Waals surface area (Å²) in [6.45, 7) is 1.87. The number of rotatable bonds is 7. The van der Waals surface area contributed by atoms with Crippen LogP contribution in [0.15, 0.2) is 116 Å². The molecule has 6 rings (SSSR count). The third-order valence-electron chi connectivity index (χ3n) is 6.62. The summed E-state index contributed by atoms with van der Waals surface area (Å²) >= 11 is 0. The van der Waals surface area contributed by atoms with E-state index in [0.717, 1.165) is 10.2 Å². The lowest BCUT2D eigenvalue weighted by Gasteiger charge is -2.14. The summed E-state index contributed by atoms with van der Waals surface area (Å²) in [6.07, 6.45) is 0. The van der Waals surface area contributed by atoms with Crippen LogP contribution in [0.1, 0.15) is 5.56 Å². The second-order valence-electron chi connectivity index (χ2n) is 9.51. The molecule has 0 atom stereocenters. The highest BCUT2D eigenvalue weighted by molar-refractivity contribution is 7.92. The summed E-state index contributed by atoms with van der Waals surface area (Å²) in [5.41, 5.74) is 0.764. The van der Waals surface area contributed by atoms with E-state index in [9.17, 15) is 28.1 Å². The summed E-state index contributed by atoms with van der Waals surface area (Å²) in [7, 11) is -4.44. The molecule has 43 heavy (non-hydrogen) atoms. The first-order valence-corrected chi connectivity index (χ1v) is 14.2. The average molecular weight is 598 g/mol. The number of nitrogens with one attached hydrogen (secondary N) is 2. The predicted molar refractivity (Wildman–Crippen MR) is 156 cm³/mol. The molecule has 0 spiro atoms. The number of aromatic nitrogens is 4. The highest BCUT2D eigenvalue weighted by Gasteiger charge is 2.36. The molecule has 2 N–H and O–H groups in total. The zero-order valence-electron chi connectivity index (χ0n) is 22.3. The van der Waals surface area contributed by atoms with Gasteiger partial charge in [-0.15, -0.1) is 0 Å². The minimum Gasteiger partial charge on any atom is -0.281 e. The quantitative estimate of drug-likeness (QED) is 0.159. The van der Waals surface area contributed by atoms with Gasteiger partial charge in [0.15, 0.2) is 0 Å². The van der Waals surface area contributed by atoms with Crippen molar-refractivity contribution in [3.63, 3.8) is 0 Å². The number of hydrogen-bond donors (Lipinski definition) is 2. The van der Waals surface area contributed by atoms with Crippen molar-refractivity contribution >= 4 is 32.3 Å². The number of benzene rings is 4. The number of nitrogens with zero attached hydrogens (tertiary/aromatic N) is 4. The van der Waals surface area contributed by atoms with Crippen LogP contribution in [0.5, 0.6) is 0 Å². The highest BCUT2D eigenvalue weighted by atomic mass is 32.2. The van der Waals surface area contributed by atoms with Crippen molar-refractivity contribution in [1.29, 1.82) is 0 Å². The minimum absolute atomic E-state index is 0.0958. The summed E-state index contributed by atoms with van der Waals surface area (Å²) in [6, 6.07) is 25.0. The van der Waals surface area contributed by atoms with Crippen LogP contribution >= 0.6 is 0 Å². The van der Waals surface area contributed by atoms with Crippen molar-refractivity contribution in [2.75, 3.05) is 4.72 Å². The average Bonchev–Trinajstić information content (AvgIpc) is 3.40. The van der Waals surface area contributed by atoms with Gasteiger partial charge in [0.25, 0.3) is 11.2 Å². The molecule has 4 aromatic carbocycles. The number of anilines is 1. The number of nitro benzene ring substituents is 1. The zero-order chi connectivity index (χ0) is 30.3. The van der Waals surface area contributed by atoms with Gasteiger partial charge in [0.2, 0.25) is 5.69 Å². The Kier molecular flexibility index (Phi) is 6.66. The van der Waals surface area contributed by atoms with Crippen molar-refractivity contribution in [2.45, 2.75) is 11.9 Å². The van der Waals surface area contributed by atoms with E-state index in [4.69, 9.17) is 4.52 Å². The topological polar surface area (TPSA) is 174 Å². The van der Waals surface area contributed by atoms with Crippen molar-refractivity contribution < 1.29 is 22.5 Å². The van der Waals surface area contributed by atoms with E-state index in [-0.39, 0.29) is 17.2 Å². The van der Waals surface area contributed by atoms with Crippen LogP contribution in [0.3, 0.4) is 0 Å². The number of H-pyrrole nitrogens is 1. The first-order chi connectivity index (χ1) is 20.6. The second kappa shape index (κ2) is 10.5. The lowest BCUT2D eigenvalue weighted by Crippen LogP contribution is -2.42. The number of non-ortho nitro benzene ring substituents is 1. The third kappa shape index (κ3) is 5.06. The van der Waals surface area contributed by atoms with Crippen LogP contribution in [-0.4, -0.2) is 28.2 Å². The number of hydrogen-bond acceptors (Lipinski definition) is 8. The van der Waals surface area contributed by atoms with Gasteiger partial charge in [0, 0.05) is 35.5 Å². The summed E-state index contributed by atoms with van der Waals surface area (Å²) in [5.74, 6) is 0.157. The maximum atomic E-state index is 13.7. The van der Waals surface area contributed by atoms with E-state index in [1.165, 1.54) is 47.0 Å². The highest BCUT2D eigenvalue weighted by Crippen LogP contribution is 2.26. The van der Waals surface area contributed by atoms with Crippen molar-refractivity contribution in [3.8, 4) is 22.8 Å². The van der Waals surface area contributed by atoms with Crippen molar-refractivity contribution in [1.82, 2.24) is 14.8 Å². The molecule has 0 aliphatic rings. The lowest BCUT2D eigenvalue weighted by atomic mass is 10.1. The molecule has 0 unspecified atom stereocenters. The molecule has 0 saturated heterocycles. The molecule has 214 valence electrons. The van der Waals surface area contributed by atoms with Gasteiger partial charge in [-0.25, -0.2) is 9.78 Å². The van der Waals surface area contributed by atoms with Crippen LogP contribution in [0.2, 0.25) is 0 Å². The van der Waals surface area contributed by atoms with E-state index < -0.39 is 31.2 Å². The number of aromatic amines is 1. The first kappa shape index (κ1) is 27.3. The Morgan fingerprint density at radius 2 is 1.67 bits per heavy atom. The van der Waals surface area contributed by atoms with Crippen LogP contribution in [0.25, 0.3) is 33.7 Å². The maximum Gasteiger partial charge on any atom is 0.449 e. The summed E-state index contributed by atoms with van der Waals surface area (Å²) in [5, 5.41) is 13.4. The van der Waals surface area contributed by atoms with E-state index in [0.29, 0.717) is 27.8 Å². The number of nitro groups is 1. The lowest BCUT2D eigenvalue weighted by molar-refractivity contribution is -0.705. The van der Waals surface area contributed by atoms with E-state index in [2.05, 4.69) is 15.0 Å². The summed E-state index contributed by atoms with van der Waals surface area (Å²) < 4.78 is 36.1. The Labute approximate surface area is 242 Å². The molecule has 0 fully saturated rings. The summed E-state index contributed by atoms with van der Waals surface area (Å²) in [4.78, 5) is 41.6. The molecule has 0 aliphatic heterocycles. The fraction of sp³-hybridized carbons (Fsp3) is 0.0345. The molecule has 0 bridgehead atoms. The zero-order valence-corrected chi connectivity index (χ0v) is 23.1. The van der Waals surface area contributed by atoms with Crippen molar-refractivity contribution in [3.05, 3.63) is 134 Å². The molecule has 6 aromatic rings. The van der Waals surface area contributed by atoms with Crippen LogP contribution in [0.4, 0.5) is 11.4 Å². The van der Waals surface area contributed by atoms with Crippen molar-refractivity contribution in [2.24, 2.45) is 0 Å². The van der Waals surface area contributed by atoms with Gasteiger partial charge in [-0.2, -0.15) is 8.42 Å². The minimum atomic E-state index is -4.44. The molecule has 2 heterocycles. The van der Waals surface area contributed by atoms with Crippen LogP contribution in [0, 0.1) is 17.0 Å². The number of para-hydroxylation sites is 1. The van der Waals surface area contributed by atoms with Gasteiger partial charge in [-0.1, -0.05) is 42.0 Å². The number of sulfonamides is 1. The monoisotopic (exact) mass is 597 g/mol. The van der Waals surface area contributed by atoms with Gasteiger partial charge in [-0.05, 0) is 53.3 Å². The molecule has 0 radical (unpaired) electrons. The van der Waals surface area contributed by atoms with Crippen LogP contribution in [-0.2, 0) is 10.0 Å². The molecule has 14 heteroatoms. The number of fused-ring (bicyclic) bond motifs is 1. The first-order valence-electron chi connectivity index (χ1n) is 12.7. The SMILES string of the molecule is Cc1ccc(-[n+]2[nH]oc(=O)c2S(=O)(=O)Nc2ccc(-n3c(-c4cccc([N+](=O)[O-])c4)nc4ccccc4c3=O)cc2)cc1. The molecule has 13 nitrogen and oxygen atoms in total. The molecule has 2 aromatic heterocycles. The Balaban J connectivity index is 1.41. The molecule has 0 amide bonds. The Morgan fingerprint density at radius 3 is 2.40 bits per heavy atom. The fourth-order valence-corrected chi connectivity index (χ4v) is 5.75. The Bertz CT molecular complexity index is 2250. The van der Waals surface area contributed by atoms with Gasteiger partial charge in [0.1, 0.15) is 5.82 Å². The predicted octanol–water partition coefficient (Wildman–Crippen LogP) is 3.63. The van der Waals surface area contributed by atoms with Gasteiger partial charge < -0.3 is 0 Å². The van der Waals surface area contributed by atoms with E-state index in [1.807, 2.05) is 6.92 Å². The van der Waals surface area contributed by atoms with E-state index >= 15 is 0 Å². The Hall–Kier alpha value is -5.89. The Morgan fingerprint density at radius 1 is 0.953 bits per heavy atom.